The zero-order valence-corrected chi connectivity index (χ0v) is 9.53. The molecular formula is C12H19NO2. The summed E-state index contributed by atoms with van der Waals surface area (Å²) in [6.07, 6.45) is 4.63. The van der Waals surface area contributed by atoms with Crippen LogP contribution in [0.4, 0.5) is 0 Å². The molecule has 3 atom stereocenters. The average molecular weight is 209 g/mol. The number of ether oxygens (including phenoxy) is 1. The minimum atomic E-state index is -0.371. The summed E-state index contributed by atoms with van der Waals surface area (Å²) in [5, 5.41) is 0. The maximum absolute atomic E-state index is 12.3. The topological polar surface area (TPSA) is 29.5 Å². The van der Waals surface area contributed by atoms with Crippen LogP contribution in [0.25, 0.3) is 0 Å². The minimum absolute atomic E-state index is 0.316. The van der Waals surface area contributed by atoms with Crippen LogP contribution in [0.3, 0.4) is 0 Å². The molecule has 0 bridgehead atoms. The van der Waals surface area contributed by atoms with Gasteiger partial charge in [-0.1, -0.05) is 6.42 Å². The van der Waals surface area contributed by atoms with Gasteiger partial charge in [0.15, 0.2) is 0 Å². The van der Waals surface area contributed by atoms with Gasteiger partial charge in [-0.15, -0.1) is 0 Å². The van der Waals surface area contributed by atoms with E-state index in [1.165, 1.54) is 12.8 Å². The van der Waals surface area contributed by atoms with Crippen LogP contribution < -0.4 is 0 Å². The van der Waals surface area contributed by atoms with Gasteiger partial charge in [-0.25, -0.2) is 0 Å². The number of hydrogen-bond acceptors (Lipinski definition) is 2. The van der Waals surface area contributed by atoms with Gasteiger partial charge in [-0.2, -0.15) is 0 Å². The van der Waals surface area contributed by atoms with Crippen LogP contribution >= 0.6 is 0 Å². The third kappa shape index (κ3) is 1.19. The summed E-state index contributed by atoms with van der Waals surface area (Å²) in [4.78, 5) is 14.3. The molecule has 1 amide bonds. The van der Waals surface area contributed by atoms with E-state index < -0.39 is 0 Å². The number of nitrogens with zero attached hydrogens (tertiary/aromatic N) is 1. The first-order valence-electron chi connectivity index (χ1n) is 6.08. The lowest BCUT2D eigenvalue weighted by Gasteiger charge is -2.45. The van der Waals surface area contributed by atoms with E-state index in [1.807, 2.05) is 18.7 Å². The fourth-order valence-electron chi connectivity index (χ4n) is 3.80. The summed E-state index contributed by atoms with van der Waals surface area (Å²) < 4.78 is 5.72. The first kappa shape index (κ1) is 9.64. The van der Waals surface area contributed by atoms with Crippen LogP contribution in [-0.2, 0) is 9.53 Å². The molecule has 0 aromatic heterocycles. The van der Waals surface area contributed by atoms with Crippen molar-refractivity contribution in [1.82, 2.24) is 4.90 Å². The fraction of sp³-hybridized carbons (Fsp3) is 0.917. The van der Waals surface area contributed by atoms with E-state index in [0.717, 1.165) is 19.4 Å². The van der Waals surface area contributed by atoms with Crippen molar-refractivity contribution in [3.63, 3.8) is 0 Å². The SMILES string of the molecule is CC1(C)OCC[C@@H]2C3CCCC3C(=O)N21. The van der Waals surface area contributed by atoms with Crippen molar-refractivity contribution in [2.45, 2.75) is 51.3 Å². The van der Waals surface area contributed by atoms with Gasteiger partial charge < -0.3 is 9.64 Å². The Balaban J connectivity index is 1.95. The summed E-state index contributed by atoms with van der Waals surface area (Å²) >= 11 is 0. The van der Waals surface area contributed by atoms with Gasteiger partial charge in [-0.3, -0.25) is 4.79 Å². The zero-order valence-electron chi connectivity index (χ0n) is 9.53. The van der Waals surface area contributed by atoms with Crippen molar-refractivity contribution in [2.24, 2.45) is 11.8 Å². The van der Waals surface area contributed by atoms with Crippen molar-refractivity contribution < 1.29 is 9.53 Å². The van der Waals surface area contributed by atoms with Crippen molar-refractivity contribution in [3.05, 3.63) is 0 Å². The van der Waals surface area contributed by atoms with Crippen molar-refractivity contribution >= 4 is 5.91 Å². The van der Waals surface area contributed by atoms with Crippen LogP contribution in [0.2, 0.25) is 0 Å². The summed E-state index contributed by atoms with van der Waals surface area (Å²) in [5.74, 6) is 1.30. The van der Waals surface area contributed by atoms with E-state index in [0.29, 0.717) is 23.8 Å². The van der Waals surface area contributed by atoms with E-state index in [1.54, 1.807) is 0 Å². The Labute approximate surface area is 90.8 Å². The second-order valence-corrected chi connectivity index (χ2v) is 5.56. The molecule has 2 unspecified atom stereocenters. The Kier molecular flexibility index (Phi) is 1.91. The summed E-state index contributed by atoms with van der Waals surface area (Å²) in [7, 11) is 0. The molecule has 84 valence electrons. The van der Waals surface area contributed by atoms with Gasteiger partial charge in [-0.05, 0) is 39.0 Å². The molecule has 2 heterocycles. The Hall–Kier alpha value is -0.570. The zero-order chi connectivity index (χ0) is 10.6. The average Bonchev–Trinajstić information content (AvgIpc) is 2.70. The molecule has 3 heteroatoms. The van der Waals surface area contributed by atoms with E-state index in [4.69, 9.17) is 4.74 Å². The molecule has 3 fully saturated rings. The standard InChI is InChI=1S/C12H19NO2/c1-12(2)13-10(6-7-15-12)8-4-3-5-9(8)11(13)14/h8-10H,3-7H2,1-2H3/t8?,9?,10-/m1/s1. The third-order valence-electron chi connectivity index (χ3n) is 4.40. The third-order valence-corrected chi connectivity index (χ3v) is 4.40. The van der Waals surface area contributed by atoms with E-state index in [2.05, 4.69) is 0 Å². The van der Waals surface area contributed by atoms with Crippen molar-refractivity contribution in [3.8, 4) is 0 Å². The summed E-state index contributed by atoms with van der Waals surface area (Å²) in [6, 6.07) is 0.466. The maximum atomic E-state index is 12.3. The highest BCUT2D eigenvalue weighted by Crippen LogP contribution is 2.48. The lowest BCUT2D eigenvalue weighted by molar-refractivity contribution is -0.188. The second kappa shape index (κ2) is 2.97. The molecule has 0 aromatic rings. The Morgan fingerprint density at radius 2 is 2.13 bits per heavy atom. The molecular weight excluding hydrogens is 190 g/mol. The van der Waals surface area contributed by atoms with Gasteiger partial charge in [0.05, 0.1) is 6.61 Å². The first-order valence-corrected chi connectivity index (χ1v) is 6.08. The smallest absolute Gasteiger partial charge is 0.228 e. The molecule has 1 aliphatic carbocycles. The molecule has 2 aliphatic heterocycles. The van der Waals surface area contributed by atoms with Crippen LogP contribution in [0, 0.1) is 11.8 Å². The largest absolute Gasteiger partial charge is 0.356 e. The maximum Gasteiger partial charge on any atom is 0.228 e. The van der Waals surface area contributed by atoms with Crippen molar-refractivity contribution in [2.75, 3.05) is 6.61 Å². The van der Waals surface area contributed by atoms with Crippen LogP contribution in [0.1, 0.15) is 39.5 Å². The summed E-state index contributed by atoms with van der Waals surface area (Å²) in [5.41, 5.74) is -0.371. The molecule has 3 rings (SSSR count). The number of fused-ring (bicyclic) bond motifs is 3. The first-order chi connectivity index (χ1) is 7.11. The van der Waals surface area contributed by atoms with Gasteiger partial charge in [0.2, 0.25) is 5.91 Å². The monoisotopic (exact) mass is 209 g/mol. The molecule has 3 nitrogen and oxygen atoms in total. The Morgan fingerprint density at radius 3 is 2.93 bits per heavy atom. The minimum Gasteiger partial charge on any atom is -0.356 e. The van der Waals surface area contributed by atoms with E-state index >= 15 is 0 Å². The molecule has 0 radical (unpaired) electrons. The lowest BCUT2D eigenvalue weighted by Crippen LogP contribution is -2.56. The van der Waals surface area contributed by atoms with Crippen molar-refractivity contribution in [1.29, 1.82) is 0 Å². The molecule has 0 spiro atoms. The van der Waals surface area contributed by atoms with Gasteiger partial charge in [0, 0.05) is 12.0 Å². The number of hydrogen-bond donors (Lipinski definition) is 0. The molecule has 0 N–H and O–H groups in total. The quantitative estimate of drug-likeness (QED) is 0.608. The number of carbonyl (C=O) groups excluding carboxylic acids is 1. The molecule has 3 aliphatic rings. The highest BCUT2D eigenvalue weighted by atomic mass is 16.5. The normalized spacial score (nSPS) is 42.9. The highest BCUT2D eigenvalue weighted by molar-refractivity contribution is 5.83. The van der Waals surface area contributed by atoms with E-state index in [9.17, 15) is 4.79 Å². The molecule has 2 saturated heterocycles. The van der Waals surface area contributed by atoms with Crippen LogP contribution in [0.5, 0.6) is 0 Å². The molecule has 1 saturated carbocycles. The Bertz CT molecular complexity index is 300. The summed E-state index contributed by atoms with van der Waals surface area (Å²) in [6.45, 7) is 4.86. The molecule has 15 heavy (non-hydrogen) atoms. The molecule has 0 aromatic carbocycles. The van der Waals surface area contributed by atoms with Crippen LogP contribution in [-0.4, -0.2) is 29.2 Å². The predicted octanol–water partition coefficient (Wildman–Crippen LogP) is 1.77. The van der Waals surface area contributed by atoms with E-state index in [-0.39, 0.29) is 5.72 Å². The van der Waals surface area contributed by atoms with Gasteiger partial charge >= 0.3 is 0 Å². The number of rotatable bonds is 0. The number of amides is 1. The lowest BCUT2D eigenvalue weighted by atomic mass is 9.91. The highest BCUT2D eigenvalue weighted by Gasteiger charge is 2.55. The number of carbonyl (C=O) groups is 1. The Morgan fingerprint density at radius 1 is 1.33 bits per heavy atom. The van der Waals surface area contributed by atoms with Gasteiger partial charge in [0.25, 0.3) is 0 Å². The van der Waals surface area contributed by atoms with Gasteiger partial charge in [0.1, 0.15) is 5.72 Å². The fourth-order valence-corrected chi connectivity index (χ4v) is 3.80. The predicted molar refractivity (Wildman–Crippen MR) is 56.1 cm³/mol. The second-order valence-electron chi connectivity index (χ2n) is 5.56. The van der Waals surface area contributed by atoms with Crippen LogP contribution in [0.15, 0.2) is 0 Å².